The van der Waals surface area contributed by atoms with Gasteiger partial charge in [0.2, 0.25) is 0 Å². The minimum absolute atomic E-state index is 0.0678. The van der Waals surface area contributed by atoms with Crippen LogP contribution in [0.5, 0.6) is 0 Å². The van der Waals surface area contributed by atoms with E-state index >= 15 is 0 Å². The SMILES string of the molecule is OC(c1csc(I)c1)C1CCOC2(CCSCC2)C1. The van der Waals surface area contributed by atoms with Gasteiger partial charge in [0.05, 0.1) is 14.6 Å². The molecule has 2 unspecified atom stereocenters. The summed E-state index contributed by atoms with van der Waals surface area (Å²) in [6, 6.07) is 2.12. The van der Waals surface area contributed by atoms with Gasteiger partial charge < -0.3 is 9.84 Å². The van der Waals surface area contributed by atoms with Crippen LogP contribution in [0.2, 0.25) is 0 Å². The number of rotatable bonds is 2. The predicted octanol–water partition coefficient (Wildman–Crippen LogP) is 4.08. The van der Waals surface area contributed by atoms with Crippen LogP contribution in [0.4, 0.5) is 0 Å². The Morgan fingerprint density at radius 2 is 2.21 bits per heavy atom. The van der Waals surface area contributed by atoms with Gasteiger partial charge >= 0.3 is 0 Å². The molecule has 1 N–H and O–H groups in total. The van der Waals surface area contributed by atoms with Crippen molar-refractivity contribution in [2.45, 2.75) is 37.4 Å². The molecule has 2 aliphatic rings. The lowest BCUT2D eigenvalue weighted by Crippen LogP contribution is -2.44. The van der Waals surface area contributed by atoms with E-state index in [1.807, 2.05) is 11.8 Å². The third kappa shape index (κ3) is 3.31. The second-order valence-electron chi connectivity index (χ2n) is 5.53. The zero-order chi connectivity index (χ0) is 13.3. The molecule has 0 radical (unpaired) electrons. The first-order valence-electron chi connectivity index (χ1n) is 6.82. The summed E-state index contributed by atoms with van der Waals surface area (Å²) in [5, 5.41) is 12.7. The van der Waals surface area contributed by atoms with Crippen molar-refractivity contribution in [3.05, 3.63) is 19.9 Å². The van der Waals surface area contributed by atoms with Gasteiger partial charge in [-0.25, -0.2) is 0 Å². The van der Waals surface area contributed by atoms with Gasteiger partial charge in [-0.05, 0) is 82.7 Å². The second-order valence-corrected chi connectivity index (χ2v) is 9.56. The van der Waals surface area contributed by atoms with Crippen molar-refractivity contribution in [3.8, 4) is 0 Å². The Labute approximate surface area is 136 Å². The van der Waals surface area contributed by atoms with Crippen LogP contribution in [0.3, 0.4) is 0 Å². The van der Waals surface area contributed by atoms with E-state index in [9.17, 15) is 5.11 Å². The number of hydrogen-bond donors (Lipinski definition) is 1. The molecule has 2 nitrogen and oxygen atoms in total. The average molecular weight is 410 g/mol. The molecule has 3 rings (SSSR count). The topological polar surface area (TPSA) is 29.5 Å². The Morgan fingerprint density at radius 1 is 1.42 bits per heavy atom. The van der Waals surface area contributed by atoms with Crippen molar-refractivity contribution in [2.24, 2.45) is 5.92 Å². The Hall–Kier alpha value is 0.700. The quantitative estimate of drug-likeness (QED) is 0.746. The van der Waals surface area contributed by atoms with Crippen molar-refractivity contribution < 1.29 is 9.84 Å². The summed E-state index contributed by atoms with van der Waals surface area (Å²) in [7, 11) is 0. The minimum Gasteiger partial charge on any atom is -0.388 e. The Kier molecular flexibility index (Phi) is 4.79. The van der Waals surface area contributed by atoms with E-state index in [1.54, 1.807) is 11.3 Å². The molecular formula is C14H19IO2S2. The van der Waals surface area contributed by atoms with Crippen LogP contribution < -0.4 is 0 Å². The fourth-order valence-corrected chi connectivity index (χ4v) is 5.82. The molecule has 0 aliphatic carbocycles. The van der Waals surface area contributed by atoms with Gasteiger partial charge in [-0.2, -0.15) is 11.8 Å². The van der Waals surface area contributed by atoms with Crippen LogP contribution in [0.25, 0.3) is 0 Å². The molecule has 2 fully saturated rings. The molecule has 1 aromatic rings. The van der Waals surface area contributed by atoms with E-state index in [1.165, 1.54) is 14.4 Å². The van der Waals surface area contributed by atoms with Gasteiger partial charge in [0.1, 0.15) is 0 Å². The highest BCUT2D eigenvalue weighted by Gasteiger charge is 2.41. The van der Waals surface area contributed by atoms with Gasteiger partial charge in [0.25, 0.3) is 0 Å². The fourth-order valence-electron chi connectivity index (χ4n) is 3.18. The van der Waals surface area contributed by atoms with Gasteiger partial charge in [-0.1, -0.05) is 0 Å². The van der Waals surface area contributed by atoms with Crippen molar-refractivity contribution in [1.82, 2.24) is 0 Å². The maximum absolute atomic E-state index is 10.6. The Bertz CT molecular complexity index is 423. The molecule has 19 heavy (non-hydrogen) atoms. The summed E-state index contributed by atoms with van der Waals surface area (Å²) in [6.45, 7) is 0.813. The smallest absolute Gasteiger partial charge is 0.0828 e. The van der Waals surface area contributed by atoms with E-state index in [-0.39, 0.29) is 11.7 Å². The van der Waals surface area contributed by atoms with E-state index in [0.717, 1.165) is 37.9 Å². The molecule has 0 aromatic carbocycles. The van der Waals surface area contributed by atoms with Crippen molar-refractivity contribution in [1.29, 1.82) is 0 Å². The van der Waals surface area contributed by atoms with Gasteiger partial charge in [0, 0.05) is 6.61 Å². The number of thiophene rings is 1. The largest absolute Gasteiger partial charge is 0.388 e. The highest BCUT2D eigenvalue weighted by molar-refractivity contribution is 14.1. The van der Waals surface area contributed by atoms with Crippen LogP contribution in [0.1, 0.15) is 37.4 Å². The average Bonchev–Trinajstić information content (AvgIpc) is 2.85. The molecule has 2 aliphatic heterocycles. The van der Waals surface area contributed by atoms with Crippen LogP contribution in [-0.4, -0.2) is 28.8 Å². The first-order valence-corrected chi connectivity index (χ1v) is 9.94. The third-order valence-corrected chi connectivity index (χ3v) is 7.10. The second kappa shape index (κ2) is 6.22. The van der Waals surface area contributed by atoms with Crippen LogP contribution in [0.15, 0.2) is 11.4 Å². The Balaban J connectivity index is 1.70. The van der Waals surface area contributed by atoms with E-state index < -0.39 is 0 Å². The van der Waals surface area contributed by atoms with E-state index in [2.05, 4.69) is 34.0 Å². The lowest BCUT2D eigenvalue weighted by Gasteiger charge is -2.44. The lowest BCUT2D eigenvalue weighted by molar-refractivity contribution is -0.121. The number of hydrogen-bond acceptors (Lipinski definition) is 4. The van der Waals surface area contributed by atoms with Crippen LogP contribution in [-0.2, 0) is 4.74 Å². The molecule has 0 saturated carbocycles. The maximum atomic E-state index is 10.6. The van der Waals surface area contributed by atoms with Crippen molar-refractivity contribution in [2.75, 3.05) is 18.1 Å². The molecular weight excluding hydrogens is 391 g/mol. The summed E-state index contributed by atoms with van der Waals surface area (Å²) in [5.41, 5.74) is 1.17. The van der Waals surface area contributed by atoms with Crippen LogP contribution >= 0.6 is 45.7 Å². The number of aliphatic hydroxyl groups excluding tert-OH is 1. The van der Waals surface area contributed by atoms with Gasteiger partial charge in [0.15, 0.2) is 0 Å². The molecule has 3 heterocycles. The molecule has 2 saturated heterocycles. The van der Waals surface area contributed by atoms with Gasteiger partial charge in [-0.15, -0.1) is 11.3 Å². The zero-order valence-electron chi connectivity index (χ0n) is 10.8. The lowest BCUT2D eigenvalue weighted by atomic mass is 9.78. The first kappa shape index (κ1) is 14.6. The molecule has 0 bridgehead atoms. The minimum atomic E-state index is -0.310. The number of thioether (sulfide) groups is 1. The summed E-state index contributed by atoms with van der Waals surface area (Å²) < 4.78 is 7.36. The van der Waals surface area contributed by atoms with Crippen molar-refractivity contribution >= 4 is 45.7 Å². The molecule has 2 atom stereocenters. The highest BCUT2D eigenvalue weighted by atomic mass is 127. The molecule has 1 aromatic heterocycles. The summed E-state index contributed by atoms with van der Waals surface area (Å²) in [5.74, 6) is 2.78. The summed E-state index contributed by atoms with van der Waals surface area (Å²) in [4.78, 5) is 0. The first-order chi connectivity index (χ1) is 9.19. The number of ether oxygens (including phenoxy) is 1. The predicted molar refractivity (Wildman–Crippen MR) is 90.0 cm³/mol. The molecule has 106 valence electrons. The van der Waals surface area contributed by atoms with E-state index in [4.69, 9.17) is 4.74 Å². The molecule has 5 heteroatoms. The number of aliphatic hydroxyl groups is 1. The Morgan fingerprint density at radius 3 is 2.89 bits per heavy atom. The third-order valence-electron chi connectivity index (χ3n) is 4.31. The summed E-state index contributed by atoms with van der Waals surface area (Å²) >= 11 is 6.07. The molecule has 0 amide bonds. The maximum Gasteiger partial charge on any atom is 0.0828 e. The molecule has 1 spiro atoms. The number of halogens is 1. The van der Waals surface area contributed by atoms with Crippen molar-refractivity contribution in [3.63, 3.8) is 0 Å². The van der Waals surface area contributed by atoms with Gasteiger partial charge in [-0.3, -0.25) is 0 Å². The van der Waals surface area contributed by atoms with E-state index in [0.29, 0.717) is 5.92 Å². The fraction of sp³-hybridized carbons (Fsp3) is 0.714. The highest BCUT2D eigenvalue weighted by Crippen LogP contribution is 2.44. The summed E-state index contributed by atoms with van der Waals surface area (Å²) in [6.07, 6.45) is 4.02. The standard InChI is InChI=1S/C14H19IO2S2/c15-12-7-11(9-19-12)13(16)10-1-4-17-14(8-10)2-5-18-6-3-14/h7,9-10,13,16H,1-6,8H2. The normalized spacial score (nSPS) is 28.4. The van der Waals surface area contributed by atoms with Crippen LogP contribution in [0, 0.1) is 8.80 Å². The monoisotopic (exact) mass is 410 g/mol. The zero-order valence-corrected chi connectivity index (χ0v) is 14.6.